The van der Waals surface area contributed by atoms with Crippen molar-refractivity contribution in [1.29, 1.82) is 0 Å². The minimum atomic E-state index is -1.13. The highest BCUT2D eigenvalue weighted by Crippen LogP contribution is 2.04. The topological polar surface area (TPSA) is 106 Å². The maximum atomic E-state index is 10.4. The Bertz CT molecular complexity index is 307. The van der Waals surface area contributed by atoms with Gasteiger partial charge in [-0.25, -0.2) is 9.59 Å². The molecule has 6 heteroatoms. The lowest BCUT2D eigenvalue weighted by molar-refractivity contribution is 0.0696. The molecule has 0 aromatic heterocycles. The molecule has 0 spiro atoms. The lowest BCUT2D eigenvalue weighted by Gasteiger charge is -1.95. The van der Waals surface area contributed by atoms with E-state index in [1.54, 1.807) is 0 Å². The van der Waals surface area contributed by atoms with Gasteiger partial charge in [0.25, 0.3) is 0 Å². The summed E-state index contributed by atoms with van der Waals surface area (Å²) in [4.78, 5) is 20.8. The summed E-state index contributed by atoms with van der Waals surface area (Å²) in [5.41, 5.74) is -0.0372. The molecule has 5 nitrogen and oxygen atoms in total. The predicted molar refractivity (Wildman–Crippen MR) is 52.5 cm³/mol. The molecule has 0 saturated carbocycles. The molecule has 1 rings (SSSR count). The second-order valence-electron chi connectivity index (χ2n) is 2.19. The van der Waals surface area contributed by atoms with Crippen LogP contribution < -0.4 is 0 Å². The minimum Gasteiger partial charge on any atom is -0.478 e. The van der Waals surface area contributed by atoms with Crippen LogP contribution in [0.5, 0.6) is 0 Å². The number of hydrogen-bond donors (Lipinski definition) is 2. The van der Waals surface area contributed by atoms with Crippen molar-refractivity contribution in [3.8, 4) is 0 Å². The van der Waals surface area contributed by atoms with Gasteiger partial charge in [-0.3, -0.25) is 0 Å². The van der Waals surface area contributed by atoms with Crippen molar-refractivity contribution in [1.82, 2.24) is 0 Å². The van der Waals surface area contributed by atoms with Gasteiger partial charge in [-0.1, -0.05) is 6.07 Å². The Hall–Kier alpha value is -1.11. The third-order valence-electron chi connectivity index (χ3n) is 1.36. The number of benzene rings is 1. The van der Waals surface area contributed by atoms with Crippen molar-refractivity contribution in [3.05, 3.63) is 35.4 Å². The number of hydrogen-bond acceptors (Lipinski definition) is 2. The highest BCUT2D eigenvalue weighted by Gasteiger charge is 2.06. The molecule has 14 heavy (non-hydrogen) atoms. The van der Waals surface area contributed by atoms with Crippen LogP contribution >= 0.6 is 0 Å². The van der Waals surface area contributed by atoms with E-state index in [2.05, 4.69) is 0 Å². The zero-order valence-corrected chi connectivity index (χ0v) is 6.52. The summed E-state index contributed by atoms with van der Waals surface area (Å²) in [5.74, 6) is -2.25. The van der Waals surface area contributed by atoms with Gasteiger partial charge in [0.1, 0.15) is 0 Å². The molecule has 1 aromatic rings. The second-order valence-corrected chi connectivity index (χ2v) is 2.19. The van der Waals surface area contributed by atoms with Crippen molar-refractivity contribution < 1.29 is 25.3 Å². The maximum Gasteiger partial charge on any atom is 0.335 e. The summed E-state index contributed by atoms with van der Waals surface area (Å²) in [6.07, 6.45) is 0. The van der Waals surface area contributed by atoms with Crippen molar-refractivity contribution in [3.63, 3.8) is 0 Å². The van der Waals surface area contributed by atoms with Crippen LogP contribution in [0.4, 0.5) is 0 Å². The first kappa shape index (κ1) is 15.4. The van der Waals surface area contributed by atoms with Gasteiger partial charge >= 0.3 is 35.0 Å². The first-order chi connectivity index (χ1) is 5.61. The molecule has 0 radical (unpaired) electrons. The summed E-state index contributed by atoms with van der Waals surface area (Å²) < 4.78 is 0. The third-order valence-corrected chi connectivity index (χ3v) is 1.36. The average Bonchev–Trinajstić information content (AvgIpc) is 2.04. The van der Waals surface area contributed by atoms with Crippen LogP contribution in [-0.2, 0) is 0 Å². The number of carboxylic acids is 2. The molecule has 4 N–H and O–H groups in total. The van der Waals surface area contributed by atoms with Crippen molar-refractivity contribution >= 4 is 35.0 Å². The number of carbonyl (C=O) groups is 2. The lowest BCUT2D eigenvalue weighted by Crippen LogP contribution is -2.01. The standard InChI is InChI=1S/C8H6O4.Mg.H2O.2H/c9-7(10)5-2-1-3-6(4-5)8(11)12;;;;/h1-4H,(H,9,10)(H,11,12);;1H2;;. The monoisotopic (exact) mass is 210 g/mol. The SMILES string of the molecule is O.O=C(O)c1cccc(C(=O)O)c1.[MgH2]. The van der Waals surface area contributed by atoms with Crippen LogP contribution in [0.25, 0.3) is 0 Å². The molecule has 0 aliphatic rings. The van der Waals surface area contributed by atoms with Crippen LogP contribution in [0, 0.1) is 0 Å². The molecule has 1 aromatic carbocycles. The zero-order valence-electron chi connectivity index (χ0n) is 6.52. The zero-order chi connectivity index (χ0) is 9.14. The van der Waals surface area contributed by atoms with E-state index in [1.807, 2.05) is 0 Å². The van der Waals surface area contributed by atoms with Gasteiger partial charge in [0.05, 0.1) is 11.1 Å². The van der Waals surface area contributed by atoms with E-state index in [4.69, 9.17) is 10.2 Å². The quantitative estimate of drug-likeness (QED) is 0.632. The summed E-state index contributed by atoms with van der Waals surface area (Å²) in [6, 6.07) is 5.20. The van der Waals surface area contributed by atoms with Gasteiger partial charge < -0.3 is 15.7 Å². The smallest absolute Gasteiger partial charge is 0.335 e. The fourth-order valence-corrected chi connectivity index (χ4v) is 0.785. The van der Waals surface area contributed by atoms with Crippen LogP contribution in [0.3, 0.4) is 0 Å². The van der Waals surface area contributed by atoms with Crippen molar-refractivity contribution in [2.24, 2.45) is 0 Å². The third kappa shape index (κ3) is 3.73. The van der Waals surface area contributed by atoms with E-state index in [0.29, 0.717) is 0 Å². The average molecular weight is 210 g/mol. The molecule has 0 saturated heterocycles. The lowest BCUT2D eigenvalue weighted by atomic mass is 10.1. The molecule has 0 bridgehead atoms. The first-order valence-corrected chi connectivity index (χ1v) is 3.18. The Morgan fingerprint density at radius 3 is 1.64 bits per heavy atom. The highest BCUT2D eigenvalue weighted by molar-refractivity contribution is 5.93. The van der Waals surface area contributed by atoms with Gasteiger partial charge in [0.2, 0.25) is 0 Å². The fraction of sp³-hybridized carbons (Fsp3) is 0. The Labute approximate surface area is 95.8 Å². The molecule has 0 atom stereocenters. The molecule has 0 fully saturated rings. The van der Waals surface area contributed by atoms with E-state index < -0.39 is 11.9 Å². The molecule has 0 unspecified atom stereocenters. The maximum absolute atomic E-state index is 10.4. The van der Waals surface area contributed by atoms with Gasteiger partial charge in [0, 0.05) is 0 Å². The summed E-state index contributed by atoms with van der Waals surface area (Å²) in [6.45, 7) is 0. The van der Waals surface area contributed by atoms with Crippen LogP contribution in [0.15, 0.2) is 24.3 Å². The Morgan fingerprint density at radius 2 is 1.36 bits per heavy atom. The Kier molecular flexibility index (Phi) is 6.98. The molecular formula is C8H10MgO5. The molecular weight excluding hydrogens is 200 g/mol. The highest BCUT2D eigenvalue weighted by atomic mass is 24.3. The van der Waals surface area contributed by atoms with Crippen molar-refractivity contribution in [2.75, 3.05) is 0 Å². The number of carboxylic acid groups (broad SMARTS) is 2. The van der Waals surface area contributed by atoms with E-state index in [9.17, 15) is 9.59 Å². The van der Waals surface area contributed by atoms with E-state index >= 15 is 0 Å². The Morgan fingerprint density at radius 1 is 1.00 bits per heavy atom. The fourth-order valence-electron chi connectivity index (χ4n) is 0.785. The van der Waals surface area contributed by atoms with Crippen LogP contribution in [0.1, 0.15) is 20.7 Å². The van der Waals surface area contributed by atoms with Gasteiger partial charge in [0.15, 0.2) is 0 Å². The summed E-state index contributed by atoms with van der Waals surface area (Å²) in [7, 11) is 0. The molecule has 0 amide bonds. The van der Waals surface area contributed by atoms with Crippen molar-refractivity contribution in [2.45, 2.75) is 0 Å². The van der Waals surface area contributed by atoms with E-state index in [1.165, 1.54) is 18.2 Å². The Balaban J connectivity index is 0. The van der Waals surface area contributed by atoms with E-state index in [0.717, 1.165) is 6.07 Å². The molecule has 0 aliphatic heterocycles. The van der Waals surface area contributed by atoms with Gasteiger partial charge in [-0.05, 0) is 18.2 Å². The number of rotatable bonds is 2. The number of aromatic carboxylic acids is 2. The largest absolute Gasteiger partial charge is 0.478 e. The van der Waals surface area contributed by atoms with Crippen LogP contribution in [-0.4, -0.2) is 50.7 Å². The minimum absolute atomic E-state index is 0. The summed E-state index contributed by atoms with van der Waals surface area (Å²) >= 11 is 0. The molecule has 0 heterocycles. The summed E-state index contributed by atoms with van der Waals surface area (Å²) in [5, 5.41) is 17.0. The molecule has 0 aliphatic carbocycles. The van der Waals surface area contributed by atoms with E-state index in [-0.39, 0.29) is 39.7 Å². The van der Waals surface area contributed by atoms with Gasteiger partial charge in [-0.2, -0.15) is 0 Å². The predicted octanol–water partition coefficient (Wildman–Crippen LogP) is -0.658. The first-order valence-electron chi connectivity index (χ1n) is 3.18. The van der Waals surface area contributed by atoms with Gasteiger partial charge in [-0.15, -0.1) is 0 Å². The molecule has 74 valence electrons. The second kappa shape index (κ2) is 6.36. The van der Waals surface area contributed by atoms with Crippen LogP contribution in [0.2, 0.25) is 0 Å². The normalized spacial score (nSPS) is 8.00.